The lowest BCUT2D eigenvalue weighted by Crippen LogP contribution is -2.23. The fraction of sp³-hybridized carbons (Fsp3) is 0.182. The molecular weight excluding hydrogens is 418 g/mol. The lowest BCUT2D eigenvalue weighted by molar-refractivity contribution is -0.115. The third-order valence-electron chi connectivity index (χ3n) is 4.12. The van der Waals surface area contributed by atoms with Gasteiger partial charge < -0.3 is 10.3 Å². The van der Waals surface area contributed by atoms with Gasteiger partial charge in [0.15, 0.2) is 10.9 Å². The molecule has 1 atom stereocenters. The zero-order valence-electron chi connectivity index (χ0n) is 16.5. The van der Waals surface area contributed by atoms with Crippen molar-refractivity contribution in [1.29, 1.82) is 0 Å². The van der Waals surface area contributed by atoms with E-state index in [4.69, 9.17) is 0 Å². The topological polar surface area (TPSA) is 91.9 Å². The number of amides is 1. The van der Waals surface area contributed by atoms with E-state index in [1.807, 2.05) is 30.3 Å². The number of carbonyl (C=O) groups excluding carboxylic acids is 2. The van der Waals surface area contributed by atoms with Crippen molar-refractivity contribution >= 4 is 40.9 Å². The number of aromatic amines is 1. The summed E-state index contributed by atoms with van der Waals surface area (Å²) in [7, 11) is 0. The van der Waals surface area contributed by atoms with E-state index >= 15 is 0 Å². The second kappa shape index (κ2) is 10.3. The summed E-state index contributed by atoms with van der Waals surface area (Å²) < 4.78 is 0. The number of Topliss-reactive ketones (excluding diaryl/α,β-unsaturated/α-hetero) is 1. The lowest BCUT2D eigenvalue weighted by atomic mass is 10.1. The molecule has 154 valence electrons. The summed E-state index contributed by atoms with van der Waals surface area (Å²) in [5.74, 6) is 0.310. The standard InChI is InChI=1S/C22H21N3O3S2/c1-14(26)16-8-10-17(11-9-16)23-21(28)15(2)30-22-24-18(12-20(27)25-22)13-29-19-6-4-3-5-7-19/h3-12,15H,13H2,1-2H3,(H,23,28)(H,24,25,27). The van der Waals surface area contributed by atoms with Crippen LogP contribution in [0.3, 0.4) is 0 Å². The van der Waals surface area contributed by atoms with Crippen molar-refractivity contribution in [2.45, 2.75) is 34.9 Å². The fourth-order valence-electron chi connectivity index (χ4n) is 2.54. The first kappa shape index (κ1) is 21.9. The van der Waals surface area contributed by atoms with E-state index in [2.05, 4.69) is 15.3 Å². The first-order valence-electron chi connectivity index (χ1n) is 9.27. The molecule has 0 aliphatic carbocycles. The molecule has 0 aliphatic rings. The minimum atomic E-state index is -0.474. The van der Waals surface area contributed by atoms with Gasteiger partial charge >= 0.3 is 0 Å². The van der Waals surface area contributed by atoms with Gasteiger partial charge in [-0.1, -0.05) is 30.0 Å². The van der Waals surface area contributed by atoms with Crippen LogP contribution in [0.1, 0.15) is 29.9 Å². The summed E-state index contributed by atoms with van der Waals surface area (Å²) in [6.07, 6.45) is 0. The van der Waals surface area contributed by atoms with Crippen LogP contribution in [0.15, 0.2) is 75.5 Å². The van der Waals surface area contributed by atoms with Gasteiger partial charge in [-0.15, -0.1) is 11.8 Å². The molecule has 0 bridgehead atoms. The third kappa shape index (κ3) is 6.33. The van der Waals surface area contributed by atoms with Crippen molar-refractivity contribution in [2.75, 3.05) is 5.32 Å². The summed E-state index contributed by atoms with van der Waals surface area (Å²) in [6.45, 7) is 3.24. The van der Waals surface area contributed by atoms with Crippen LogP contribution in [0, 0.1) is 0 Å². The summed E-state index contributed by atoms with van der Waals surface area (Å²) in [4.78, 5) is 44.1. The number of thioether (sulfide) groups is 2. The first-order valence-corrected chi connectivity index (χ1v) is 11.1. The maximum Gasteiger partial charge on any atom is 0.251 e. The predicted octanol–water partition coefficient (Wildman–Crippen LogP) is 4.38. The van der Waals surface area contributed by atoms with Gasteiger partial charge in [-0.2, -0.15) is 0 Å². The molecule has 1 aromatic heterocycles. The molecule has 1 heterocycles. The van der Waals surface area contributed by atoms with Gasteiger partial charge in [0.1, 0.15) is 0 Å². The van der Waals surface area contributed by atoms with Gasteiger partial charge in [-0.25, -0.2) is 4.98 Å². The average molecular weight is 440 g/mol. The molecule has 2 N–H and O–H groups in total. The van der Waals surface area contributed by atoms with Crippen LogP contribution < -0.4 is 10.9 Å². The molecule has 1 unspecified atom stereocenters. The average Bonchev–Trinajstić information content (AvgIpc) is 2.73. The minimum Gasteiger partial charge on any atom is -0.325 e. The number of nitrogens with one attached hydrogen (secondary N) is 2. The van der Waals surface area contributed by atoms with Gasteiger partial charge in [-0.05, 0) is 50.2 Å². The molecule has 6 nitrogen and oxygen atoms in total. The number of benzene rings is 2. The van der Waals surface area contributed by atoms with Crippen LogP contribution in [0.25, 0.3) is 0 Å². The van der Waals surface area contributed by atoms with Gasteiger partial charge in [0.2, 0.25) is 5.91 Å². The highest BCUT2D eigenvalue weighted by molar-refractivity contribution is 8.00. The van der Waals surface area contributed by atoms with Crippen LogP contribution in [0.4, 0.5) is 5.69 Å². The Morgan fingerprint density at radius 2 is 1.80 bits per heavy atom. The number of carbonyl (C=O) groups is 2. The van der Waals surface area contributed by atoms with E-state index in [1.165, 1.54) is 24.8 Å². The van der Waals surface area contributed by atoms with Crippen molar-refractivity contribution in [3.63, 3.8) is 0 Å². The number of hydrogen-bond donors (Lipinski definition) is 2. The van der Waals surface area contributed by atoms with E-state index in [0.29, 0.717) is 27.9 Å². The molecule has 0 saturated heterocycles. The maximum absolute atomic E-state index is 12.5. The van der Waals surface area contributed by atoms with E-state index < -0.39 is 5.25 Å². The van der Waals surface area contributed by atoms with Crippen LogP contribution in [0.5, 0.6) is 0 Å². The van der Waals surface area contributed by atoms with Crippen molar-refractivity contribution < 1.29 is 9.59 Å². The van der Waals surface area contributed by atoms with Crippen molar-refractivity contribution in [3.05, 3.63) is 82.3 Å². The molecule has 1 amide bonds. The van der Waals surface area contributed by atoms with Crippen molar-refractivity contribution in [2.24, 2.45) is 0 Å². The Hall–Kier alpha value is -2.84. The molecular formula is C22H21N3O3S2. The first-order chi connectivity index (χ1) is 14.4. The van der Waals surface area contributed by atoms with E-state index in [0.717, 1.165) is 4.90 Å². The molecule has 2 aromatic carbocycles. The smallest absolute Gasteiger partial charge is 0.251 e. The Balaban J connectivity index is 1.61. The van der Waals surface area contributed by atoms with Gasteiger partial charge in [0.25, 0.3) is 5.56 Å². The largest absolute Gasteiger partial charge is 0.325 e. The highest BCUT2D eigenvalue weighted by Gasteiger charge is 2.17. The molecule has 0 radical (unpaired) electrons. The van der Waals surface area contributed by atoms with Crippen LogP contribution >= 0.6 is 23.5 Å². The van der Waals surface area contributed by atoms with Gasteiger partial charge in [-0.3, -0.25) is 14.4 Å². The summed E-state index contributed by atoms with van der Waals surface area (Å²) in [5, 5.41) is 2.74. The monoisotopic (exact) mass is 439 g/mol. The number of hydrogen-bond acceptors (Lipinski definition) is 6. The Bertz CT molecular complexity index is 1080. The number of rotatable bonds is 8. The molecule has 30 heavy (non-hydrogen) atoms. The van der Waals surface area contributed by atoms with Gasteiger partial charge in [0.05, 0.1) is 10.9 Å². The Labute approximate surface area is 182 Å². The normalized spacial score (nSPS) is 11.7. The van der Waals surface area contributed by atoms with Gasteiger partial charge in [0, 0.05) is 28.0 Å². The van der Waals surface area contributed by atoms with E-state index in [9.17, 15) is 14.4 Å². The predicted molar refractivity (Wildman–Crippen MR) is 121 cm³/mol. The second-order valence-corrected chi connectivity index (χ2v) is 8.90. The summed E-state index contributed by atoms with van der Waals surface area (Å²) in [6, 6.07) is 18.1. The molecule has 8 heteroatoms. The van der Waals surface area contributed by atoms with Crippen LogP contribution in [-0.4, -0.2) is 26.9 Å². The Morgan fingerprint density at radius 1 is 1.10 bits per heavy atom. The highest BCUT2D eigenvalue weighted by atomic mass is 32.2. The molecule has 0 aliphatic heterocycles. The molecule has 3 rings (SSSR count). The number of nitrogens with zero attached hydrogens (tertiary/aromatic N) is 1. The summed E-state index contributed by atoms with van der Waals surface area (Å²) in [5.41, 5.74) is 1.60. The minimum absolute atomic E-state index is 0.0304. The molecule has 3 aromatic rings. The number of ketones is 1. The summed E-state index contributed by atoms with van der Waals surface area (Å²) >= 11 is 2.78. The van der Waals surface area contributed by atoms with Crippen LogP contribution in [-0.2, 0) is 10.5 Å². The maximum atomic E-state index is 12.5. The number of anilines is 1. The quantitative estimate of drug-likeness (QED) is 0.307. The number of H-pyrrole nitrogens is 1. The third-order valence-corrected chi connectivity index (χ3v) is 6.15. The molecule has 0 fully saturated rings. The highest BCUT2D eigenvalue weighted by Crippen LogP contribution is 2.24. The van der Waals surface area contributed by atoms with Crippen molar-refractivity contribution in [3.8, 4) is 0 Å². The molecule has 0 spiro atoms. The lowest BCUT2D eigenvalue weighted by Gasteiger charge is -2.12. The van der Waals surface area contributed by atoms with Crippen LogP contribution in [0.2, 0.25) is 0 Å². The number of aromatic nitrogens is 2. The molecule has 0 saturated carbocycles. The van der Waals surface area contributed by atoms with Crippen molar-refractivity contribution in [1.82, 2.24) is 9.97 Å². The SMILES string of the molecule is CC(=O)c1ccc(NC(=O)C(C)Sc2nc(CSc3ccccc3)cc(=O)[nH]2)cc1. The van der Waals surface area contributed by atoms with E-state index in [-0.39, 0.29) is 17.2 Å². The second-order valence-electron chi connectivity index (χ2n) is 6.53. The fourth-order valence-corrected chi connectivity index (χ4v) is 4.18. The zero-order chi connectivity index (χ0) is 21.5. The Morgan fingerprint density at radius 3 is 2.47 bits per heavy atom. The van der Waals surface area contributed by atoms with E-state index in [1.54, 1.807) is 43.0 Å². The Kier molecular flexibility index (Phi) is 7.48. The zero-order valence-corrected chi connectivity index (χ0v) is 18.2.